The number of nitrogens with zero attached hydrogens (tertiary/aromatic N) is 1. The molecule has 1 saturated heterocycles. The van der Waals surface area contributed by atoms with Crippen molar-refractivity contribution >= 4 is 23.9 Å². The van der Waals surface area contributed by atoms with E-state index in [0.717, 1.165) is 11.1 Å². The first-order valence-electron chi connectivity index (χ1n) is 11.4. The molecule has 0 aromatic heterocycles. The molecule has 0 atom stereocenters. The number of ether oxygens (including phenoxy) is 2. The second kappa shape index (κ2) is 13.2. The predicted octanol–water partition coefficient (Wildman–Crippen LogP) is 3.44. The second-order valence-corrected chi connectivity index (χ2v) is 8.07. The molecule has 186 valence electrons. The number of hydrogen-bond acceptors (Lipinski definition) is 5. The van der Waals surface area contributed by atoms with Crippen molar-refractivity contribution in [3.8, 4) is 5.75 Å². The highest BCUT2D eigenvalue weighted by molar-refractivity contribution is 5.92. The fraction of sp³-hybridized carbons (Fsp3) is 0.346. The molecule has 9 heteroatoms. The number of carbonyl (C=O) groups excluding carboxylic acids is 3. The molecular weight excluding hydrogens is 458 g/mol. The lowest BCUT2D eigenvalue weighted by Gasteiger charge is -2.30. The van der Waals surface area contributed by atoms with Gasteiger partial charge in [0.25, 0.3) is 5.91 Å². The summed E-state index contributed by atoms with van der Waals surface area (Å²) in [7, 11) is 0. The number of amides is 2. The van der Waals surface area contributed by atoms with E-state index in [1.54, 1.807) is 23.1 Å². The topological polar surface area (TPSA) is 84.9 Å². The Morgan fingerprint density at radius 2 is 1.71 bits per heavy atom. The van der Waals surface area contributed by atoms with Crippen LogP contribution in [0.15, 0.2) is 60.7 Å². The number of halogens is 2. The third kappa shape index (κ3) is 8.84. The van der Waals surface area contributed by atoms with Crippen molar-refractivity contribution in [1.82, 2.24) is 10.2 Å². The summed E-state index contributed by atoms with van der Waals surface area (Å²) < 4.78 is 33.8. The largest absolute Gasteiger partial charge is 0.455 e. The first-order chi connectivity index (χ1) is 16.9. The van der Waals surface area contributed by atoms with Crippen molar-refractivity contribution in [2.45, 2.75) is 25.9 Å². The summed E-state index contributed by atoms with van der Waals surface area (Å²) in [6, 6.07) is 15.7. The predicted molar refractivity (Wildman–Crippen MR) is 126 cm³/mol. The Morgan fingerprint density at radius 3 is 2.37 bits per heavy atom. The second-order valence-electron chi connectivity index (χ2n) is 8.07. The van der Waals surface area contributed by atoms with E-state index in [1.165, 1.54) is 18.2 Å². The minimum absolute atomic E-state index is 0.0681. The van der Waals surface area contributed by atoms with Crippen LogP contribution in [0.25, 0.3) is 6.08 Å². The molecule has 1 fully saturated rings. The van der Waals surface area contributed by atoms with Crippen LogP contribution >= 0.6 is 0 Å². The van der Waals surface area contributed by atoms with Crippen LogP contribution < -0.4 is 10.1 Å². The van der Waals surface area contributed by atoms with Crippen molar-refractivity contribution in [1.29, 1.82) is 0 Å². The third-order valence-electron chi connectivity index (χ3n) is 5.59. The summed E-state index contributed by atoms with van der Waals surface area (Å²) in [4.78, 5) is 38.3. The lowest BCUT2D eigenvalue weighted by Crippen LogP contribution is -2.40. The summed E-state index contributed by atoms with van der Waals surface area (Å²) in [5, 5.41) is 2.66. The number of piperidine rings is 1. The molecule has 2 aromatic carbocycles. The van der Waals surface area contributed by atoms with Gasteiger partial charge in [-0.1, -0.05) is 42.5 Å². The fourth-order valence-electron chi connectivity index (χ4n) is 3.66. The molecule has 0 spiro atoms. The van der Waals surface area contributed by atoms with Crippen LogP contribution in [0, 0.1) is 5.92 Å². The molecule has 7 nitrogen and oxygen atoms in total. The number of alkyl halides is 2. The number of rotatable bonds is 10. The van der Waals surface area contributed by atoms with Crippen LogP contribution in [0.1, 0.15) is 24.0 Å². The Labute approximate surface area is 202 Å². The molecular formula is C26H28F2N2O5. The van der Waals surface area contributed by atoms with E-state index < -0.39 is 18.5 Å². The maximum Gasteiger partial charge on any atom is 0.387 e. The van der Waals surface area contributed by atoms with Gasteiger partial charge in [0, 0.05) is 25.7 Å². The summed E-state index contributed by atoms with van der Waals surface area (Å²) in [5.74, 6) is -1.25. The van der Waals surface area contributed by atoms with E-state index in [1.807, 2.05) is 30.3 Å². The van der Waals surface area contributed by atoms with Gasteiger partial charge >= 0.3 is 12.6 Å². The lowest BCUT2D eigenvalue weighted by molar-refractivity contribution is -0.154. The van der Waals surface area contributed by atoms with Gasteiger partial charge < -0.3 is 19.7 Å². The van der Waals surface area contributed by atoms with Gasteiger partial charge in [-0.2, -0.15) is 8.78 Å². The number of esters is 1. The number of hydrogen-bond donors (Lipinski definition) is 1. The lowest BCUT2D eigenvalue weighted by atomic mass is 9.97. The number of nitrogens with one attached hydrogen (secondary N) is 1. The Hall–Kier alpha value is -3.75. The van der Waals surface area contributed by atoms with Gasteiger partial charge in [-0.3, -0.25) is 14.4 Å². The number of benzene rings is 2. The third-order valence-corrected chi connectivity index (χ3v) is 5.59. The molecule has 1 heterocycles. The van der Waals surface area contributed by atoms with Gasteiger partial charge in [0.05, 0.1) is 5.92 Å². The van der Waals surface area contributed by atoms with Gasteiger partial charge in [0.1, 0.15) is 5.75 Å². The van der Waals surface area contributed by atoms with Gasteiger partial charge in [0.15, 0.2) is 6.61 Å². The van der Waals surface area contributed by atoms with E-state index in [0.29, 0.717) is 38.9 Å². The molecule has 2 amide bonds. The highest BCUT2D eigenvalue weighted by Crippen LogP contribution is 2.19. The summed E-state index contributed by atoms with van der Waals surface area (Å²) >= 11 is 0. The Kier molecular flexibility index (Phi) is 9.77. The molecule has 0 aliphatic carbocycles. The van der Waals surface area contributed by atoms with E-state index in [2.05, 4.69) is 10.1 Å². The minimum atomic E-state index is -2.88. The van der Waals surface area contributed by atoms with Gasteiger partial charge in [-0.05, 0) is 48.6 Å². The summed E-state index contributed by atoms with van der Waals surface area (Å²) in [5.41, 5.74) is 1.78. The monoisotopic (exact) mass is 486 g/mol. The van der Waals surface area contributed by atoms with Crippen molar-refractivity contribution < 1.29 is 32.6 Å². The normalized spacial score (nSPS) is 14.2. The molecule has 0 unspecified atom stereocenters. The molecule has 1 N–H and O–H groups in total. The zero-order chi connectivity index (χ0) is 25.0. The van der Waals surface area contributed by atoms with Crippen LogP contribution in [0.2, 0.25) is 0 Å². The Morgan fingerprint density at radius 1 is 1.03 bits per heavy atom. The van der Waals surface area contributed by atoms with Crippen molar-refractivity contribution in [3.63, 3.8) is 0 Å². The smallest absolute Gasteiger partial charge is 0.387 e. The first kappa shape index (κ1) is 25.9. The van der Waals surface area contributed by atoms with Crippen LogP contribution in [0.3, 0.4) is 0 Å². The van der Waals surface area contributed by atoms with Crippen molar-refractivity contribution in [2.75, 3.05) is 26.2 Å². The maximum absolute atomic E-state index is 12.4. The van der Waals surface area contributed by atoms with Gasteiger partial charge in [0.2, 0.25) is 5.91 Å². The Bertz CT molecular complexity index is 1000. The van der Waals surface area contributed by atoms with E-state index in [9.17, 15) is 23.2 Å². The Balaban J connectivity index is 1.31. The molecule has 1 aliphatic heterocycles. The zero-order valence-electron chi connectivity index (χ0n) is 19.2. The average molecular weight is 487 g/mol. The summed E-state index contributed by atoms with van der Waals surface area (Å²) in [6.07, 6.45) is 4.75. The standard InChI is InChI=1S/C26H28F2N2O5/c27-26(28)35-22-9-6-20(7-10-22)12-15-29-23(31)18-34-25(33)21-13-16-30(17-14-21)24(32)11-8-19-4-2-1-3-5-19/h1-11,21,26H,12-18H2,(H,29,31)/b11-8+. The molecule has 1 aliphatic rings. The van der Waals surface area contributed by atoms with Crippen LogP contribution in [0.4, 0.5) is 8.78 Å². The van der Waals surface area contributed by atoms with Crippen LogP contribution in [0.5, 0.6) is 5.75 Å². The number of likely N-dealkylation sites (tertiary alicyclic amines) is 1. The highest BCUT2D eigenvalue weighted by Gasteiger charge is 2.28. The molecule has 3 rings (SSSR count). The van der Waals surface area contributed by atoms with E-state index in [4.69, 9.17) is 4.74 Å². The van der Waals surface area contributed by atoms with Crippen molar-refractivity contribution in [3.05, 3.63) is 71.8 Å². The van der Waals surface area contributed by atoms with Gasteiger partial charge in [-0.25, -0.2) is 0 Å². The molecule has 0 bridgehead atoms. The van der Waals surface area contributed by atoms with E-state index in [-0.39, 0.29) is 24.2 Å². The van der Waals surface area contributed by atoms with Crippen LogP contribution in [-0.2, 0) is 25.5 Å². The maximum atomic E-state index is 12.4. The minimum Gasteiger partial charge on any atom is -0.455 e. The molecule has 0 saturated carbocycles. The zero-order valence-corrected chi connectivity index (χ0v) is 19.2. The van der Waals surface area contributed by atoms with Crippen molar-refractivity contribution in [2.24, 2.45) is 5.92 Å². The van der Waals surface area contributed by atoms with E-state index >= 15 is 0 Å². The average Bonchev–Trinajstić information content (AvgIpc) is 2.87. The molecule has 35 heavy (non-hydrogen) atoms. The summed E-state index contributed by atoms with van der Waals surface area (Å²) in [6.45, 7) is -2.04. The first-order valence-corrected chi connectivity index (χ1v) is 11.4. The molecule has 0 radical (unpaired) electrons. The van der Waals surface area contributed by atoms with Gasteiger partial charge in [-0.15, -0.1) is 0 Å². The van der Waals surface area contributed by atoms with Crippen LogP contribution in [-0.4, -0.2) is 55.5 Å². The highest BCUT2D eigenvalue weighted by atomic mass is 19.3. The fourth-order valence-corrected chi connectivity index (χ4v) is 3.66. The quantitative estimate of drug-likeness (QED) is 0.411. The SMILES string of the molecule is O=C(COC(=O)C1CCN(C(=O)/C=C/c2ccccc2)CC1)NCCc1ccc(OC(F)F)cc1. The number of carbonyl (C=O) groups is 3. The molecule has 2 aromatic rings.